The Kier molecular flexibility index (Phi) is 4.46. The molecule has 100 valence electrons. The third kappa shape index (κ3) is 3.51. The summed E-state index contributed by atoms with van der Waals surface area (Å²) in [7, 11) is 0. The number of hydrogen-bond acceptors (Lipinski definition) is 5. The molecule has 2 N–H and O–H groups in total. The zero-order valence-corrected chi connectivity index (χ0v) is 11.4. The van der Waals surface area contributed by atoms with E-state index in [1.807, 2.05) is 11.4 Å². The highest BCUT2D eigenvalue weighted by Crippen LogP contribution is 2.23. The molecule has 1 atom stereocenters. The minimum Gasteiger partial charge on any atom is -0.479 e. The van der Waals surface area contributed by atoms with Crippen LogP contribution in [0.25, 0.3) is 0 Å². The number of hydrogen-bond donors (Lipinski definition) is 2. The normalized spacial score (nSPS) is 12.1. The highest BCUT2D eigenvalue weighted by atomic mass is 32.1. The van der Waals surface area contributed by atoms with E-state index in [0.717, 1.165) is 23.4 Å². The van der Waals surface area contributed by atoms with E-state index in [-0.39, 0.29) is 0 Å². The van der Waals surface area contributed by atoms with Gasteiger partial charge in [-0.3, -0.25) is 0 Å². The van der Waals surface area contributed by atoms with E-state index in [4.69, 9.17) is 0 Å². The van der Waals surface area contributed by atoms with Crippen LogP contribution in [0.3, 0.4) is 0 Å². The first kappa shape index (κ1) is 13.5. The summed E-state index contributed by atoms with van der Waals surface area (Å²) in [5, 5.41) is 14.1. The molecule has 1 unspecified atom stereocenters. The lowest BCUT2D eigenvalue weighted by atomic mass is 10.2. The quantitative estimate of drug-likeness (QED) is 0.849. The van der Waals surface area contributed by atoms with Gasteiger partial charge in [-0.2, -0.15) is 0 Å². The largest absolute Gasteiger partial charge is 0.479 e. The number of thiophene rings is 1. The van der Waals surface area contributed by atoms with Crippen LogP contribution < -0.4 is 5.32 Å². The van der Waals surface area contributed by atoms with E-state index in [1.54, 1.807) is 12.1 Å². The summed E-state index contributed by atoms with van der Waals surface area (Å²) in [5.74, 6) is -0.377. The van der Waals surface area contributed by atoms with Crippen molar-refractivity contribution < 1.29 is 9.90 Å². The molecular weight excluding hydrogens is 262 g/mol. The summed E-state index contributed by atoms with van der Waals surface area (Å²) in [6.45, 7) is 2.07. The molecule has 0 saturated carbocycles. The predicted octanol–water partition coefficient (Wildman–Crippen LogP) is 2.73. The molecule has 19 heavy (non-hydrogen) atoms. The Bertz CT molecular complexity index is 543. The standard InChI is InChI=1S/C13H15N3O2S/c1-2-4-9-7-11(15-8-14-9)16-12(13(17)18)10-5-3-6-19-10/h3,5-8,12H,2,4H2,1H3,(H,17,18)(H,14,15,16). The van der Waals surface area contributed by atoms with Gasteiger partial charge in [0.25, 0.3) is 0 Å². The molecule has 0 radical (unpaired) electrons. The number of nitrogens with zero attached hydrogens (tertiary/aromatic N) is 2. The fourth-order valence-corrected chi connectivity index (χ4v) is 2.49. The SMILES string of the molecule is CCCc1cc(NC(C(=O)O)c2cccs2)ncn1. The van der Waals surface area contributed by atoms with Gasteiger partial charge >= 0.3 is 5.97 Å². The van der Waals surface area contributed by atoms with Crippen LogP contribution in [0.1, 0.15) is 30.0 Å². The monoisotopic (exact) mass is 277 g/mol. The summed E-state index contributed by atoms with van der Waals surface area (Å²) >= 11 is 1.41. The average Bonchev–Trinajstić information content (AvgIpc) is 2.90. The molecule has 2 rings (SSSR count). The molecule has 2 heterocycles. The van der Waals surface area contributed by atoms with E-state index >= 15 is 0 Å². The van der Waals surface area contributed by atoms with E-state index in [2.05, 4.69) is 22.2 Å². The number of carbonyl (C=O) groups is 1. The van der Waals surface area contributed by atoms with Crippen molar-refractivity contribution in [1.29, 1.82) is 0 Å². The first-order valence-corrected chi connectivity index (χ1v) is 6.92. The Morgan fingerprint density at radius 3 is 3.00 bits per heavy atom. The van der Waals surface area contributed by atoms with E-state index in [0.29, 0.717) is 5.82 Å². The number of aromatic nitrogens is 2. The molecule has 5 nitrogen and oxygen atoms in total. The maximum atomic E-state index is 11.3. The molecular formula is C13H15N3O2S. The van der Waals surface area contributed by atoms with Gasteiger partial charge in [-0.1, -0.05) is 19.4 Å². The first-order valence-electron chi connectivity index (χ1n) is 6.04. The minimum absolute atomic E-state index is 0.541. The molecule has 0 aliphatic carbocycles. The summed E-state index contributed by atoms with van der Waals surface area (Å²) < 4.78 is 0. The Morgan fingerprint density at radius 2 is 2.37 bits per heavy atom. The molecule has 0 aliphatic rings. The van der Waals surface area contributed by atoms with Crippen LogP contribution in [0.15, 0.2) is 29.9 Å². The van der Waals surface area contributed by atoms with Crippen LogP contribution >= 0.6 is 11.3 Å². The number of anilines is 1. The smallest absolute Gasteiger partial charge is 0.331 e. The van der Waals surface area contributed by atoms with E-state index in [9.17, 15) is 9.90 Å². The second-order valence-electron chi connectivity index (χ2n) is 4.08. The van der Waals surface area contributed by atoms with Crippen molar-refractivity contribution in [2.75, 3.05) is 5.32 Å². The Labute approximate surface area is 115 Å². The summed E-state index contributed by atoms with van der Waals surface area (Å²) in [6.07, 6.45) is 3.30. The molecule has 2 aromatic rings. The van der Waals surface area contributed by atoms with E-state index in [1.165, 1.54) is 17.7 Å². The van der Waals surface area contributed by atoms with Gasteiger partial charge in [0.1, 0.15) is 12.1 Å². The maximum absolute atomic E-state index is 11.3. The highest BCUT2D eigenvalue weighted by molar-refractivity contribution is 7.10. The molecule has 0 bridgehead atoms. The Balaban J connectivity index is 2.18. The van der Waals surface area contributed by atoms with Crippen molar-refractivity contribution in [2.24, 2.45) is 0 Å². The van der Waals surface area contributed by atoms with Gasteiger partial charge in [-0.25, -0.2) is 14.8 Å². The second-order valence-corrected chi connectivity index (χ2v) is 5.05. The van der Waals surface area contributed by atoms with Crippen LogP contribution in [0, 0.1) is 0 Å². The van der Waals surface area contributed by atoms with E-state index < -0.39 is 12.0 Å². The number of carboxylic acid groups (broad SMARTS) is 1. The van der Waals surface area contributed by atoms with Gasteiger partial charge < -0.3 is 10.4 Å². The van der Waals surface area contributed by atoms with Crippen LogP contribution in [-0.4, -0.2) is 21.0 Å². The van der Waals surface area contributed by atoms with Crippen molar-refractivity contribution in [3.63, 3.8) is 0 Å². The lowest BCUT2D eigenvalue weighted by Crippen LogP contribution is -2.20. The topological polar surface area (TPSA) is 75.1 Å². The number of rotatable bonds is 6. The number of aliphatic carboxylic acids is 1. The van der Waals surface area contributed by atoms with Crippen molar-refractivity contribution in [3.8, 4) is 0 Å². The lowest BCUT2D eigenvalue weighted by Gasteiger charge is -2.13. The van der Waals surface area contributed by atoms with Crippen molar-refractivity contribution >= 4 is 23.1 Å². The summed E-state index contributed by atoms with van der Waals surface area (Å²) in [5.41, 5.74) is 0.912. The number of carboxylic acids is 1. The zero-order valence-electron chi connectivity index (χ0n) is 10.5. The van der Waals surface area contributed by atoms with Crippen molar-refractivity contribution in [3.05, 3.63) is 40.5 Å². The molecule has 0 aromatic carbocycles. The fraction of sp³-hybridized carbons (Fsp3) is 0.308. The van der Waals surface area contributed by atoms with Crippen LogP contribution in [0.4, 0.5) is 5.82 Å². The van der Waals surface area contributed by atoms with Gasteiger partial charge in [0.15, 0.2) is 6.04 Å². The molecule has 0 fully saturated rings. The van der Waals surface area contributed by atoms with Crippen LogP contribution in [0.2, 0.25) is 0 Å². The number of aryl methyl sites for hydroxylation is 1. The zero-order chi connectivity index (χ0) is 13.7. The van der Waals surface area contributed by atoms with Crippen molar-refractivity contribution in [2.45, 2.75) is 25.8 Å². The van der Waals surface area contributed by atoms with Gasteiger partial charge in [0.05, 0.1) is 0 Å². The third-order valence-corrected chi connectivity index (χ3v) is 3.53. The van der Waals surface area contributed by atoms with Gasteiger partial charge in [0, 0.05) is 16.6 Å². The molecule has 0 aliphatic heterocycles. The molecule has 0 spiro atoms. The fourth-order valence-electron chi connectivity index (χ4n) is 1.73. The predicted molar refractivity (Wildman–Crippen MR) is 74.3 cm³/mol. The summed E-state index contributed by atoms with van der Waals surface area (Å²) in [4.78, 5) is 20.3. The molecule has 0 saturated heterocycles. The maximum Gasteiger partial charge on any atom is 0.331 e. The average molecular weight is 277 g/mol. The summed E-state index contributed by atoms with van der Waals surface area (Å²) in [6, 6.07) is 4.65. The Hall–Kier alpha value is -1.95. The van der Waals surface area contributed by atoms with Crippen molar-refractivity contribution in [1.82, 2.24) is 9.97 Å². The molecule has 6 heteroatoms. The third-order valence-electron chi connectivity index (χ3n) is 2.60. The van der Waals surface area contributed by atoms with Gasteiger partial charge in [-0.15, -0.1) is 11.3 Å². The van der Waals surface area contributed by atoms with Crippen LogP contribution in [-0.2, 0) is 11.2 Å². The first-order chi connectivity index (χ1) is 9.20. The number of nitrogens with one attached hydrogen (secondary N) is 1. The van der Waals surface area contributed by atoms with Gasteiger partial charge in [-0.05, 0) is 17.9 Å². The Morgan fingerprint density at radius 1 is 1.53 bits per heavy atom. The van der Waals surface area contributed by atoms with Gasteiger partial charge in [0.2, 0.25) is 0 Å². The highest BCUT2D eigenvalue weighted by Gasteiger charge is 2.21. The van der Waals surface area contributed by atoms with Crippen LogP contribution in [0.5, 0.6) is 0 Å². The molecule has 2 aromatic heterocycles. The lowest BCUT2D eigenvalue weighted by molar-refractivity contribution is -0.138. The molecule has 0 amide bonds. The second kappa shape index (κ2) is 6.29. The minimum atomic E-state index is -0.918.